The lowest BCUT2D eigenvalue weighted by molar-refractivity contribution is 0.0913. The number of H-pyrrole nitrogens is 1. The highest BCUT2D eigenvalue weighted by molar-refractivity contribution is 5.95. The fraction of sp³-hybridized carbons (Fsp3) is 0.312. The van der Waals surface area contributed by atoms with Crippen molar-refractivity contribution in [2.24, 2.45) is 5.92 Å². The number of aromatic amines is 1. The van der Waals surface area contributed by atoms with Crippen LogP contribution in [-0.2, 0) is 0 Å². The molecule has 0 fully saturated rings. The van der Waals surface area contributed by atoms with Crippen LogP contribution in [0.2, 0.25) is 0 Å². The van der Waals surface area contributed by atoms with Gasteiger partial charge in [0.1, 0.15) is 12.4 Å². The van der Waals surface area contributed by atoms with Crippen LogP contribution < -0.4 is 5.32 Å². The summed E-state index contributed by atoms with van der Waals surface area (Å²) in [5, 5.41) is 13.3. The van der Waals surface area contributed by atoms with Gasteiger partial charge in [0.05, 0.1) is 0 Å². The van der Waals surface area contributed by atoms with Crippen LogP contribution in [-0.4, -0.2) is 31.2 Å². The van der Waals surface area contributed by atoms with Crippen LogP contribution in [0.5, 0.6) is 0 Å². The normalized spacial score (nSPS) is 12.3. The van der Waals surface area contributed by atoms with E-state index in [9.17, 15) is 4.79 Å². The molecule has 2 N–H and O–H groups in total. The van der Waals surface area contributed by atoms with Crippen molar-refractivity contribution in [1.82, 2.24) is 30.6 Å². The van der Waals surface area contributed by atoms with E-state index < -0.39 is 6.04 Å². The van der Waals surface area contributed by atoms with Crippen molar-refractivity contribution in [2.45, 2.75) is 26.8 Å². The van der Waals surface area contributed by atoms with Gasteiger partial charge in [-0.2, -0.15) is 10.1 Å². The molecule has 8 heteroatoms. The van der Waals surface area contributed by atoms with E-state index in [1.165, 1.54) is 6.33 Å². The average Bonchev–Trinajstić information content (AvgIpc) is 3.23. The average molecular weight is 326 g/mol. The maximum atomic E-state index is 12.6. The number of benzene rings is 1. The van der Waals surface area contributed by atoms with Crippen molar-refractivity contribution < 1.29 is 9.32 Å². The second-order valence-corrected chi connectivity index (χ2v) is 5.80. The molecular weight excluding hydrogens is 308 g/mol. The number of amides is 1. The molecule has 3 rings (SSSR count). The van der Waals surface area contributed by atoms with Crippen LogP contribution >= 0.6 is 0 Å². The second kappa shape index (κ2) is 6.61. The molecule has 1 aromatic carbocycles. The van der Waals surface area contributed by atoms with Crippen LogP contribution in [0.3, 0.4) is 0 Å². The Morgan fingerprint density at radius 1 is 1.29 bits per heavy atom. The molecule has 0 radical (unpaired) electrons. The molecule has 0 saturated heterocycles. The van der Waals surface area contributed by atoms with Crippen LogP contribution in [0.1, 0.15) is 41.7 Å². The van der Waals surface area contributed by atoms with Gasteiger partial charge in [-0.1, -0.05) is 37.2 Å². The summed E-state index contributed by atoms with van der Waals surface area (Å²) in [6.07, 6.45) is 1.37. The van der Waals surface area contributed by atoms with E-state index in [4.69, 9.17) is 4.52 Å². The van der Waals surface area contributed by atoms with E-state index in [2.05, 4.69) is 30.6 Å². The van der Waals surface area contributed by atoms with Crippen LogP contribution in [0.25, 0.3) is 11.6 Å². The molecule has 0 spiro atoms. The first kappa shape index (κ1) is 15.9. The molecule has 2 aromatic heterocycles. The largest absolute Gasteiger partial charge is 0.340 e. The Hall–Kier alpha value is -3.03. The summed E-state index contributed by atoms with van der Waals surface area (Å²) in [6.45, 7) is 5.84. The van der Waals surface area contributed by atoms with Crippen molar-refractivity contribution in [2.75, 3.05) is 0 Å². The molecule has 24 heavy (non-hydrogen) atoms. The number of carbonyl (C=O) groups is 1. The molecule has 1 amide bonds. The van der Waals surface area contributed by atoms with E-state index in [-0.39, 0.29) is 11.8 Å². The molecule has 0 saturated carbocycles. The number of aromatic nitrogens is 5. The van der Waals surface area contributed by atoms with Gasteiger partial charge >= 0.3 is 0 Å². The Labute approximate surface area is 138 Å². The highest BCUT2D eigenvalue weighted by atomic mass is 16.5. The summed E-state index contributed by atoms with van der Waals surface area (Å²) in [5.41, 5.74) is 1.53. The van der Waals surface area contributed by atoms with Crippen molar-refractivity contribution in [3.8, 4) is 11.6 Å². The third-order valence-electron chi connectivity index (χ3n) is 3.68. The number of carbonyl (C=O) groups excluding carboxylic acids is 1. The quantitative estimate of drug-likeness (QED) is 0.744. The standard InChI is InChI=1S/C16H18N6O2/c1-9(2)12(19-15(23)11-7-5-4-6-10(11)3)16-20-14(22-24-16)13-17-8-18-21-13/h4-9,12H,1-3H3,(H,19,23)(H,17,18,21)/t12-/m0/s1. The summed E-state index contributed by atoms with van der Waals surface area (Å²) in [6, 6.07) is 7.01. The SMILES string of the molecule is Cc1ccccc1C(=O)N[C@H](c1nc(-c2ncn[nH]2)no1)C(C)C. The molecule has 8 nitrogen and oxygen atoms in total. The van der Waals surface area contributed by atoms with Gasteiger partial charge in [0, 0.05) is 5.56 Å². The first-order valence-corrected chi connectivity index (χ1v) is 7.62. The minimum atomic E-state index is -0.402. The number of hydrogen-bond donors (Lipinski definition) is 2. The predicted molar refractivity (Wildman–Crippen MR) is 85.9 cm³/mol. The molecule has 124 valence electrons. The first-order valence-electron chi connectivity index (χ1n) is 7.62. The van der Waals surface area contributed by atoms with Gasteiger partial charge in [0.25, 0.3) is 5.91 Å². The minimum Gasteiger partial charge on any atom is -0.340 e. The van der Waals surface area contributed by atoms with E-state index >= 15 is 0 Å². The summed E-state index contributed by atoms with van der Waals surface area (Å²) < 4.78 is 5.32. The Morgan fingerprint density at radius 2 is 2.08 bits per heavy atom. The Bertz CT molecular complexity index is 825. The molecule has 1 atom stereocenters. The molecule has 2 heterocycles. The van der Waals surface area contributed by atoms with Crippen molar-refractivity contribution in [3.05, 3.63) is 47.6 Å². The molecule has 0 aliphatic carbocycles. The molecule has 0 aliphatic rings. The molecule has 0 bridgehead atoms. The number of rotatable bonds is 5. The topological polar surface area (TPSA) is 110 Å². The van der Waals surface area contributed by atoms with Crippen molar-refractivity contribution in [3.63, 3.8) is 0 Å². The number of nitrogens with one attached hydrogen (secondary N) is 2. The van der Waals surface area contributed by atoms with Crippen molar-refractivity contribution >= 4 is 5.91 Å². The highest BCUT2D eigenvalue weighted by Crippen LogP contribution is 2.23. The molecule has 0 unspecified atom stereocenters. The van der Waals surface area contributed by atoms with Crippen molar-refractivity contribution in [1.29, 1.82) is 0 Å². The lowest BCUT2D eigenvalue weighted by Crippen LogP contribution is -2.32. The zero-order valence-electron chi connectivity index (χ0n) is 13.6. The zero-order chi connectivity index (χ0) is 17.1. The summed E-state index contributed by atoms with van der Waals surface area (Å²) in [4.78, 5) is 20.9. The van der Waals surface area contributed by atoms with Gasteiger partial charge in [-0.05, 0) is 24.5 Å². The maximum absolute atomic E-state index is 12.6. The van der Waals surface area contributed by atoms with E-state index in [0.29, 0.717) is 23.1 Å². The van der Waals surface area contributed by atoms with E-state index in [0.717, 1.165) is 5.56 Å². The van der Waals surface area contributed by atoms with Crippen LogP contribution in [0.4, 0.5) is 0 Å². The van der Waals surface area contributed by atoms with E-state index in [1.54, 1.807) is 6.07 Å². The second-order valence-electron chi connectivity index (χ2n) is 5.80. The lowest BCUT2D eigenvalue weighted by Gasteiger charge is -2.19. The van der Waals surface area contributed by atoms with Gasteiger partial charge in [-0.25, -0.2) is 4.98 Å². The number of nitrogens with zero attached hydrogens (tertiary/aromatic N) is 4. The third kappa shape index (κ3) is 3.17. The number of hydrogen-bond acceptors (Lipinski definition) is 6. The highest BCUT2D eigenvalue weighted by Gasteiger charge is 2.26. The molecule has 3 aromatic rings. The summed E-state index contributed by atoms with van der Waals surface area (Å²) in [7, 11) is 0. The zero-order valence-corrected chi connectivity index (χ0v) is 13.6. The molecular formula is C16H18N6O2. The van der Waals surface area contributed by atoms with Crippen LogP contribution in [0, 0.1) is 12.8 Å². The van der Waals surface area contributed by atoms with Gasteiger partial charge in [-0.15, -0.1) is 0 Å². The fourth-order valence-corrected chi connectivity index (χ4v) is 2.33. The predicted octanol–water partition coefficient (Wildman–Crippen LogP) is 2.29. The number of aryl methyl sites for hydroxylation is 1. The Kier molecular flexibility index (Phi) is 4.37. The van der Waals surface area contributed by atoms with E-state index in [1.807, 2.05) is 39.0 Å². The first-order chi connectivity index (χ1) is 11.6. The third-order valence-corrected chi connectivity index (χ3v) is 3.68. The minimum absolute atomic E-state index is 0.0704. The maximum Gasteiger partial charge on any atom is 0.252 e. The Balaban J connectivity index is 1.83. The lowest BCUT2D eigenvalue weighted by atomic mass is 10.0. The fourth-order valence-electron chi connectivity index (χ4n) is 2.33. The summed E-state index contributed by atoms with van der Waals surface area (Å²) in [5.74, 6) is 0.946. The monoisotopic (exact) mass is 326 g/mol. The Morgan fingerprint density at radius 3 is 2.75 bits per heavy atom. The smallest absolute Gasteiger partial charge is 0.252 e. The molecule has 0 aliphatic heterocycles. The van der Waals surface area contributed by atoms with Crippen LogP contribution in [0.15, 0.2) is 35.1 Å². The van der Waals surface area contributed by atoms with Gasteiger partial charge in [-0.3, -0.25) is 9.89 Å². The van der Waals surface area contributed by atoms with Gasteiger partial charge in [0.15, 0.2) is 5.82 Å². The van der Waals surface area contributed by atoms with Gasteiger partial charge < -0.3 is 9.84 Å². The summed E-state index contributed by atoms with van der Waals surface area (Å²) >= 11 is 0. The van der Waals surface area contributed by atoms with Gasteiger partial charge in [0.2, 0.25) is 11.7 Å².